The highest BCUT2D eigenvalue weighted by Crippen LogP contribution is 2.27. The Kier molecular flexibility index (Phi) is 3.58. The van der Waals surface area contributed by atoms with Crippen LogP contribution >= 0.6 is 0 Å². The first-order valence-corrected chi connectivity index (χ1v) is 8.04. The Morgan fingerprint density at radius 3 is 3.00 bits per heavy atom. The van der Waals surface area contributed by atoms with E-state index in [1.807, 2.05) is 24.3 Å². The summed E-state index contributed by atoms with van der Waals surface area (Å²) in [4.78, 5) is 18.9. The molecular weight excluding hydrogens is 304 g/mol. The van der Waals surface area contributed by atoms with E-state index < -0.39 is 6.10 Å². The van der Waals surface area contributed by atoms with Gasteiger partial charge in [0.1, 0.15) is 5.52 Å². The van der Waals surface area contributed by atoms with Gasteiger partial charge in [0.2, 0.25) is 0 Å². The molecule has 0 saturated carbocycles. The lowest BCUT2D eigenvalue weighted by atomic mass is 10.0. The average Bonchev–Trinajstić information content (AvgIpc) is 2.88. The summed E-state index contributed by atoms with van der Waals surface area (Å²) in [5.41, 5.74) is 3.85. The number of aromatic nitrogens is 1. The first-order chi connectivity index (χ1) is 11.6. The predicted molar refractivity (Wildman–Crippen MR) is 89.5 cm³/mol. The fraction of sp³-hybridized carbons (Fsp3) is 0.263. The maximum atomic E-state index is 12.9. The second-order valence-electron chi connectivity index (χ2n) is 6.15. The normalized spacial score (nSPS) is 17.6. The number of hydrogen-bond donors (Lipinski definition) is 1. The molecule has 2 aromatic carbocycles. The molecule has 1 aliphatic rings. The van der Waals surface area contributed by atoms with Crippen molar-refractivity contribution in [1.82, 2.24) is 9.88 Å². The van der Waals surface area contributed by atoms with Gasteiger partial charge < -0.3 is 14.4 Å². The number of aryl methyl sites for hydroxylation is 1. The van der Waals surface area contributed by atoms with Gasteiger partial charge in [0.25, 0.3) is 5.91 Å². The molecule has 5 heteroatoms. The molecule has 1 N–H and O–H groups in total. The van der Waals surface area contributed by atoms with Crippen molar-refractivity contribution in [3.05, 3.63) is 65.0 Å². The standard InChI is InChI=1S/C19H18N2O3/c1-12-20-16-7-6-13(10-18(16)24-12)19(23)21-9-8-17(22)15-5-3-2-4-14(15)11-21/h2-7,10,17,22H,8-9,11H2,1H3. The monoisotopic (exact) mass is 322 g/mol. The number of carbonyl (C=O) groups is 1. The molecule has 0 bridgehead atoms. The van der Waals surface area contributed by atoms with Crippen molar-refractivity contribution in [1.29, 1.82) is 0 Å². The number of carbonyl (C=O) groups excluding carboxylic acids is 1. The largest absolute Gasteiger partial charge is 0.441 e. The molecule has 2 heterocycles. The van der Waals surface area contributed by atoms with Gasteiger partial charge in [-0.2, -0.15) is 0 Å². The van der Waals surface area contributed by atoms with E-state index in [0.717, 1.165) is 16.6 Å². The predicted octanol–water partition coefficient (Wildman–Crippen LogP) is 3.22. The molecule has 1 amide bonds. The third kappa shape index (κ3) is 2.57. The summed E-state index contributed by atoms with van der Waals surface area (Å²) in [5.74, 6) is 0.524. The van der Waals surface area contributed by atoms with Gasteiger partial charge in [-0.25, -0.2) is 4.98 Å². The Labute approximate surface area is 139 Å². The Morgan fingerprint density at radius 2 is 2.12 bits per heavy atom. The summed E-state index contributed by atoms with van der Waals surface area (Å²) < 4.78 is 5.52. The second-order valence-corrected chi connectivity index (χ2v) is 6.15. The van der Waals surface area contributed by atoms with Gasteiger partial charge >= 0.3 is 0 Å². The summed E-state index contributed by atoms with van der Waals surface area (Å²) in [5, 5.41) is 10.3. The van der Waals surface area contributed by atoms with Gasteiger partial charge in [0, 0.05) is 25.6 Å². The number of nitrogens with zero attached hydrogens (tertiary/aromatic N) is 2. The van der Waals surface area contributed by atoms with Crippen LogP contribution in [-0.2, 0) is 6.54 Å². The minimum atomic E-state index is -0.529. The zero-order valence-electron chi connectivity index (χ0n) is 13.4. The zero-order valence-corrected chi connectivity index (χ0v) is 13.4. The van der Waals surface area contributed by atoms with Crippen molar-refractivity contribution in [3.63, 3.8) is 0 Å². The summed E-state index contributed by atoms with van der Waals surface area (Å²) in [6.45, 7) is 2.80. The van der Waals surface area contributed by atoms with Crippen LogP contribution in [0, 0.1) is 6.92 Å². The smallest absolute Gasteiger partial charge is 0.254 e. The highest BCUT2D eigenvalue weighted by molar-refractivity contribution is 5.97. The number of benzene rings is 2. The minimum Gasteiger partial charge on any atom is -0.441 e. The number of hydrogen-bond acceptors (Lipinski definition) is 4. The summed E-state index contributed by atoms with van der Waals surface area (Å²) in [6.07, 6.45) is 0.00488. The van der Waals surface area contributed by atoms with Crippen molar-refractivity contribution in [2.24, 2.45) is 0 Å². The molecule has 0 fully saturated rings. The van der Waals surface area contributed by atoms with Gasteiger partial charge in [-0.3, -0.25) is 4.79 Å². The lowest BCUT2D eigenvalue weighted by molar-refractivity contribution is 0.0723. The molecule has 1 aromatic heterocycles. The van der Waals surface area contributed by atoms with E-state index in [-0.39, 0.29) is 5.91 Å². The third-order valence-electron chi connectivity index (χ3n) is 4.48. The van der Waals surface area contributed by atoms with Crippen LogP contribution in [0.15, 0.2) is 46.9 Å². The van der Waals surface area contributed by atoms with Crippen molar-refractivity contribution in [2.45, 2.75) is 26.0 Å². The molecule has 0 radical (unpaired) electrons. The van der Waals surface area contributed by atoms with E-state index in [4.69, 9.17) is 4.42 Å². The molecular formula is C19H18N2O3. The van der Waals surface area contributed by atoms with E-state index in [0.29, 0.717) is 36.5 Å². The topological polar surface area (TPSA) is 66.6 Å². The molecule has 122 valence electrons. The quantitative estimate of drug-likeness (QED) is 0.747. The van der Waals surface area contributed by atoms with E-state index in [1.165, 1.54) is 0 Å². The molecule has 4 rings (SSSR count). The molecule has 5 nitrogen and oxygen atoms in total. The fourth-order valence-electron chi connectivity index (χ4n) is 3.25. The molecule has 0 saturated heterocycles. The van der Waals surface area contributed by atoms with Gasteiger partial charge in [-0.05, 0) is 35.7 Å². The molecule has 1 unspecified atom stereocenters. The molecule has 1 atom stereocenters. The van der Waals surface area contributed by atoms with Crippen LogP contribution in [0.1, 0.15) is 39.9 Å². The molecule has 3 aromatic rings. The summed E-state index contributed by atoms with van der Waals surface area (Å²) >= 11 is 0. The van der Waals surface area contributed by atoms with Crippen LogP contribution in [0.4, 0.5) is 0 Å². The first kappa shape index (κ1) is 14.9. The third-order valence-corrected chi connectivity index (χ3v) is 4.48. The highest BCUT2D eigenvalue weighted by Gasteiger charge is 2.24. The van der Waals surface area contributed by atoms with Crippen molar-refractivity contribution < 1.29 is 14.3 Å². The summed E-state index contributed by atoms with van der Waals surface area (Å²) in [7, 11) is 0. The van der Waals surface area contributed by atoms with Crippen LogP contribution in [0.5, 0.6) is 0 Å². The Bertz CT molecular complexity index is 916. The van der Waals surface area contributed by atoms with Crippen LogP contribution < -0.4 is 0 Å². The van der Waals surface area contributed by atoms with Gasteiger partial charge in [0.05, 0.1) is 6.10 Å². The number of amides is 1. The lowest BCUT2D eigenvalue weighted by Crippen LogP contribution is -2.30. The Balaban J connectivity index is 1.66. The summed E-state index contributed by atoms with van der Waals surface area (Å²) in [6, 6.07) is 13.1. The van der Waals surface area contributed by atoms with Crippen LogP contribution in [-0.4, -0.2) is 27.4 Å². The number of rotatable bonds is 1. The molecule has 24 heavy (non-hydrogen) atoms. The van der Waals surface area contributed by atoms with Crippen LogP contribution in [0.3, 0.4) is 0 Å². The van der Waals surface area contributed by atoms with Gasteiger partial charge in [-0.1, -0.05) is 24.3 Å². The number of aliphatic hydroxyl groups excluding tert-OH is 1. The maximum absolute atomic E-state index is 12.9. The van der Waals surface area contributed by atoms with E-state index >= 15 is 0 Å². The van der Waals surface area contributed by atoms with Crippen molar-refractivity contribution in [3.8, 4) is 0 Å². The molecule has 0 spiro atoms. The maximum Gasteiger partial charge on any atom is 0.254 e. The second kappa shape index (κ2) is 5.76. The van der Waals surface area contributed by atoms with Gasteiger partial charge in [0.15, 0.2) is 11.5 Å². The van der Waals surface area contributed by atoms with E-state index in [9.17, 15) is 9.90 Å². The highest BCUT2D eigenvalue weighted by atomic mass is 16.3. The van der Waals surface area contributed by atoms with E-state index in [1.54, 1.807) is 30.0 Å². The minimum absolute atomic E-state index is 0.0603. The van der Waals surface area contributed by atoms with Crippen LogP contribution in [0.25, 0.3) is 11.1 Å². The zero-order chi connectivity index (χ0) is 16.7. The fourth-order valence-corrected chi connectivity index (χ4v) is 3.25. The van der Waals surface area contributed by atoms with E-state index in [2.05, 4.69) is 4.98 Å². The Morgan fingerprint density at radius 1 is 1.29 bits per heavy atom. The molecule has 0 aliphatic carbocycles. The van der Waals surface area contributed by atoms with Crippen molar-refractivity contribution in [2.75, 3.05) is 6.54 Å². The first-order valence-electron chi connectivity index (χ1n) is 8.04. The SMILES string of the molecule is Cc1nc2ccc(C(=O)N3CCC(O)c4ccccc4C3)cc2o1. The van der Waals surface area contributed by atoms with Crippen LogP contribution in [0.2, 0.25) is 0 Å². The van der Waals surface area contributed by atoms with Gasteiger partial charge in [-0.15, -0.1) is 0 Å². The number of aliphatic hydroxyl groups is 1. The average molecular weight is 322 g/mol. The van der Waals surface area contributed by atoms with Crippen molar-refractivity contribution >= 4 is 17.0 Å². The lowest BCUT2D eigenvalue weighted by Gasteiger charge is -2.21. The molecule has 1 aliphatic heterocycles. The number of oxazole rings is 1. The number of fused-ring (bicyclic) bond motifs is 2. The Hall–Kier alpha value is -2.66.